The number of halogens is 1. The zero-order valence-electron chi connectivity index (χ0n) is 14.0. The Bertz CT molecular complexity index is 812. The Morgan fingerprint density at radius 3 is 2.92 bits per heavy atom. The molecule has 0 bridgehead atoms. The molecule has 5 nitrogen and oxygen atoms in total. The van der Waals surface area contributed by atoms with E-state index in [4.69, 9.17) is 11.6 Å². The monoisotopic (exact) mass is 353 g/mol. The Kier molecular flexibility index (Phi) is 4.46. The Morgan fingerprint density at radius 2 is 2.12 bits per heavy atom. The molecule has 128 valence electrons. The molecular formula is C19H20ClN5. The van der Waals surface area contributed by atoms with Crippen molar-refractivity contribution >= 4 is 23.1 Å². The van der Waals surface area contributed by atoms with E-state index in [0.717, 1.165) is 43.3 Å². The summed E-state index contributed by atoms with van der Waals surface area (Å²) in [4.78, 5) is 11.3. The van der Waals surface area contributed by atoms with E-state index in [1.807, 2.05) is 24.4 Å². The van der Waals surface area contributed by atoms with Crippen molar-refractivity contribution in [1.29, 1.82) is 5.26 Å². The minimum absolute atomic E-state index is 0.293. The highest BCUT2D eigenvalue weighted by Gasteiger charge is 2.27. The third-order valence-corrected chi connectivity index (χ3v) is 5.15. The van der Waals surface area contributed by atoms with E-state index >= 15 is 0 Å². The maximum atomic E-state index is 9.43. The van der Waals surface area contributed by atoms with Crippen LogP contribution in [-0.4, -0.2) is 29.1 Å². The molecule has 0 radical (unpaired) electrons. The molecule has 1 saturated carbocycles. The molecule has 1 aromatic heterocycles. The van der Waals surface area contributed by atoms with Crippen molar-refractivity contribution in [2.45, 2.75) is 37.6 Å². The van der Waals surface area contributed by atoms with Gasteiger partial charge in [-0.25, -0.2) is 9.97 Å². The van der Waals surface area contributed by atoms with Gasteiger partial charge in [-0.05, 0) is 43.9 Å². The molecule has 6 heteroatoms. The average Bonchev–Trinajstić information content (AvgIpc) is 3.47. The van der Waals surface area contributed by atoms with Crippen molar-refractivity contribution < 1.29 is 0 Å². The molecule has 1 aromatic carbocycles. The second-order valence-electron chi connectivity index (χ2n) is 6.75. The van der Waals surface area contributed by atoms with Crippen LogP contribution in [0, 0.1) is 11.3 Å². The quantitative estimate of drug-likeness (QED) is 0.901. The molecule has 1 N–H and O–H groups in total. The van der Waals surface area contributed by atoms with Crippen molar-refractivity contribution in [2.24, 2.45) is 0 Å². The summed E-state index contributed by atoms with van der Waals surface area (Å²) in [5, 5.41) is 13.5. The normalized spacial score (nSPS) is 20.2. The lowest BCUT2D eigenvalue weighted by molar-refractivity contribution is 0.528. The van der Waals surface area contributed by atoms with Crippen LogP contribution in [0.25, 0.3) is 0 Å². The molecule has 1 aliphatic heterocycles. The maximum absolute atomic E-state index is 9.43. The third kappa shape index (κ3) is 3.54. The van der Waals surface area contributed by atoms with Crippen LogP contribution in [0.5, 0.6) is 0 Å². The van der Waals surface area contributed by atoms with Gasteiger partial charge in [0.1, 0.15) is 17.7 Å². The third-order valence-electron chi connectivity index (χ3n) is 4.83. The molecule has 2 heterocycles. The number of hydrogen-bond acceptors (Lipinski definition) is 5. The van der Waals surface area contributed by atoms with Crippen LogP contribution in [0.3, 0.4) is 0 Å². The summed E-state index contributed by atoms with van der Waals surface area (Å²) in [6, 6.07) is 10.1. The molecule has 2 fully saturated rings. The fraction of sp³-hybridized carbons (Fsp3) is 0.421. The van der Waals surface area contributed by atoms with Crippen LogP contribution in [-0.2, 0) is 0 Å². The molecule has 1 saturated heterocycles. The average molecular weight is 354 g/mol. The smallest absolute Gasteiger partial charge is 0.133 e. The molecule has 25 heavy (non-hydrogen) atoms. The van der Waals surface area contributed by atoms with Gasteiger partial charge in [-0.15, -0.1) is 0 Å². The predicted molar refractivity (Wildman–Crippen MR) is 99.0 cm³/mol. The Labute approximate surface area is 152 Å². The summed E-state index contributed by atoms with van der Waals surface area (Å²) in [7, 11) is 0. The van der Waals surface area contributed by atoms with Crippen molar-refractivity contribution in [3.8, 4) is 6.07 Å². The van der Waals surface area contributed by atoms with E-state index in [1.165, 1.54) is 12.8 Å². The number of benzene rings is 1. The predicted octanol–water partition coefficient (Wildman–Crippen LogP) is 3.96. The number of nitriles is 1. The van der Waals surface area contributed by atoms with Crippen molar-refractivity contribution in [3.63, 3.8) is 0 Å². The van der Waals surface area contributed by atoms with Gasteiger partial charge in [0, 0.05) is 31.2 Å². The highest BCUT2D eigenvalue weighted by Crippen LogP contribution is 2.38. The molecule has 1 atom stereocenters. The lowest BCUT2D eigenvalue weighted by Crippen LogP contribution is -2.42. The van der Waals surface area contributed by atoms with E-state index in [1.54, 1.807) is 6.07 Å². The topological polar surface area (TPSA) is 64.8 Å². The number of hydrogen-bond donors (Lipinski definition) is 1. The van der Waals surface area contributed by atoms with Crippen LogP contribution >= 0.6 is 11.6 Å². The Hall–Kier alpha value is -2.32. The first-order valence-electron chi connectivity index (χ1n) is 8.77. The second-order valence-corrected chi connectivity index (χ2v) is 7.16. The molecule has 4 rings (SSSR count). The van der Waals surface area contributed by atoms with Crippen molar-refractivity contribution in [1.82, 2.24) is 9.97 Å². The van der Waals surface area contributed by atoms with Gasteiger partial charge in [-0.2, -0.15) is 5.26 Å². The number of anilines is 2. The largest absolute Gasteiger partial charge is 0.368 e. The molecule has 0 spiro atoms. The van der Waals surface area contributed by atoms with Gasteiger partial charge in [0.15, 0.2) is 0 Å². The molecular weight excluding hydrogens is 334 g/mol. The van der Waals surface area contributed by atoms with Gasteiger partial charge in [-0.1, -0.05) is 17.7 Å². The molecule has 1 aliphatic carbocycles. The summed E-state index contributed by atoms with van der Waals surface area (Å²) >= 11 is 6.19. The van der Waals surface area contributed by atoms with Crippen LogP contribution in [0.2, 0.25) is 5.02 Å². The van der Waals surface area contributed by atoms with Crippen LogP contribution in [0.4, 0.5) is 11.5 Å². The first-order chi connectivity index (χ1) is 12.2. The molecule has 1 unspecified atom stereocenters. The van der Waals surface area contributed by atoms with Crippen LogP contribution in [0.15, 0.2) is 30.5 Å². The summed E-state index contributed by atoms with van der Waals surface area (Å²) in [6.45, 7) is 1.77. The highest BCUT2D eigenvalue weighted by molar-refractivity contribution is 6.32. The first kappa shape index (κ1) is 16.2. The lowest BCUT2D eigenvalue weighted by Gasteiger charge is -2.35. The number of aromatic nitrogens is 2. The zero-order valence-corrected chi connectivity index (χ0v) is 14.7. The number of nitrogens with one attached hydrogen (secondary N) is 1. The second kappa shape index (κ2) is 6.89. The van der Waals surface area contributed by atoms with Gasteiger partial charge in [0.25, 0.3) is 0 Å². The van der Waals surface area contributed by atoms with Crippen LogP contribution in [0.1, 0.15) is 43.0 Å². The lowest BCUT2D eigenvalue weighted by atomic mass is 10.0. The fourth-order valence-corrected chi connectivity index (χ4v) is 3.61. The molecule has 2 aromatic rings. The van der Waals surface area contributed by atoms with E-state index in [2.05, 4.69) is 26.3 Å². The SMILES string of the molecule is N#Cc1c(Cl)cccc1N1CCCC(Nc2ccnc(C3CC3)n2)C1. The number of piperidine rings is 1. The fourth-order valence-electron chi connectivity index (χ4n) is 3.40. The van der Waals surface area contributed by atoms with E-state index < -0.39 is 0 Å². The summed E-state index contributed by atoms with van der Waals surface area (Å²) < 4.78 is 0. The number of rotatable bonds is 4. The van der Waals surface area contributed by atoms with Gasteiger partial charge in [0.2, 0.25) is 0 Å². The minimum Gasteiger partial charge on any atom is -0.368 e. The summed E-state index contributed by atoms with van der Waals surface area (Å²) in [6.07, 6.45) is 6.39. The maximum Gasteiger partial charge on any atom is 0.133 e. The molecule has 0 amide bonds. The molecule has 2 aliphatic rings. The highest BCUT2D eigenvalue weighted by atomic mass is 35.5. The van der Waals surface area contributed by atoms with Gasteiger partial charge >= 0.3 is 0 Å². The zero-order chi connectivity index (χ0) is 17.2. The van der Waals surface area contributed by atoms with E-state index in [0.29, 0.717) is 22.5 Å². The van der Waals surface area contributed by atoms with Gasteiger partial charge in [0.05, 0.1) is 16.3 Å². The standard InChI is InChI=1S/C19H20ClN5/c20-16-4-1-5-17(15(16)11-21)25-10-2-3-14(12-25)23-18-8-9-22-19(24-18)13-6-7-13/h1,4-5,8-9,13-14H,2-3,6-7,10,12H2,(H,22,23,24). The first-order valence-corrected chi connectivity index (χ1v) is 9.15. The Morgan fingerprint density at radius 1 is 1.24 bits per heavy atom. The van der Waals surface area contributed by atoms with Gasteiger partial charge in [-0.3, -0.25) is 0 Å². The van der Waals surface area contributed by atoms with E-state index in [-0.39, 0.29) is 0 Å². The van der Waals surface area contributed by atoms with Crippen LogP contribution < -0.4 is 10.2 Å². The van der Waals surface area contributed by atoms with E-state index in [9.17, 15) is 5.26 Å². The number of nitrogens with zero attached hydrogens (tertiary/aromatic N) is 4. The Balaban J connectivity index is 1.49. The minimum atomic E-state index is 0.293. The summed E-state index contributed by atoms with van der Waals surface area (Å²) in [5.74, 6) is 2.41. The van der Waals surface area contributed by atoms with Crippen molar-refractivity contribution in [2.75, 3.05) is 23.3 Å². The summed E-state index contributed by atoms with van der Waals surface area (Å²) in [5.41, 5.74) is 1.48. The van der Waals surface area contributed by atoms with Crippen molar-refractivity contribution in [3.05, 3.63) is 46.9 Å². The van der Waals surface area contributed by atoms with Gasteiger partial charge < -0.3 is 10.2 Å².